The SMILES string of the molecule is Cc1cc(C(F)(F)F)n2nc([C@H]3CCCCN3C(=O)CCn3ccnc3)cc2n1. The van der Waals surface area contributed by atoms with Gasteiger partial charge in [0.25, 0.3) is 0 Å². The van der Waals surface area contributed by atoms with Gasteiger partial charge in [0.1, 0.15) is 5.69 Å². The Morgan fingerprint density at radius 3 is 2.83 bits per heavy atom. The van der Waals surface area contributed by atoms with Crippen LogP contribution in [0.15, 0.2) is 30.9 Å². The molecule has 154 valence electrons. The van der Waals surface area contributed by atoms with Crippen molar-refractivity contribution in [3.05, 3.63) is 47.9 Å². The highest BCUT2D eigenvalue weighted by molar-refractivity contribution is 5.76. The Bertz CT molecular complexity index is 1010. The molecule has 1 atom stereocenters. The number of alkyl halides is 3. The van der Waals surface area contributed by atoms with Crippen molar-refractivity contribution in [3.63, 3.8) is 0 Å². The normalized spacial score (nSPS) is 17.8. The molecule has 1 fully saturated rings. The summed E-state index contributed by atoms with van der Waals surface area (Å²) in [6.45, 7) is 2.60. The van der Waals surface area contributed by atoms with Crippen LogP contribution in [-0.2, 0) is 17.5 Å². The van der Waals surface area contributed by atoms with E-state index in [1.54, 1.807) is 29.7 Å². The van der Waals surface area contributed by atoms with E-state index in [0.29, 0.717) is 31.6 Å². The number of aryl methyl sites for hydroxylation is 2. The molecular formula is C19H21F3N6O. The number of nitrogens with zero attached hydrogens (tertiary/aromatic N) is 6. The molecule has 1 aliphatic rings. The van der Waals surface area contributed by atoms with Gasteiger partial charge in [-0.25, -0.2) is 14.5 Å². The van der Waals surface area contributed by atoms with Crippen LogP contribution in [0.2, 0.25) is 0 Å². The van der Waals surface area contributed by atoms with E-state index in [1.807, 2.05) is 4.57 Å². The first-order chi connectivity index (χ1) is 13.8. The lowest BCUT2D eigenvalue weighted by Crippen LogP contribution is -2.39. The van der Waals surface area contributed by atoms with Gasteiger partial charge < -0.3 is 9.47 Å². The number of imidazole rings is 1. The van der Waals surface area contributed by atoms with E-state index in [1.165, 1.54) is 6.92 Å². The zero-order chi connectivity index (χ0) is 20.6. The molecule has 1 amide bonds. The lowest BCUT2D eigenvalue weighted by molar-refractivity contribution is -0.143. The number of hydrogen-bond acceptors (Lipinski definition) is 4. The highest BCUT2D eigenvalue weighted by atomic mass is 19.4. The smallest absolute Gasteiger partial charge is 0.337 e. The highest BCUT2D eigenvalue weighted by Gasteiger charge is 2.36. The van der Waals surface area contributed by atoms with Crippen LogP contribution in [0.5, 0.6) is 0 Å². The van der Waals surface area contributed by atoms with Crippen molar-refractivity contribution in [3.8, 4) is 0 Å². The van der Waals surface area contributed by atoms with Gasteiger partial charge >= 0.3 is 6.18 Å². The number of fused-ring (bicyclic) bond motifs is 1. The molecule has 4 rings (SSSR count). The summed E-state index contributed by atoms with van der Waals surface area (Å²) in [5.74, 6) is -0.0411. The minimum Gasteiger partial charge on any atom is -0.337 e. The Kier molecular flexibility index (Phi) is 5.01. The number of carbonyl (C=O) groups is 1. The van der Waals surface area contributed by atoms with Gasteiger partial charge in [-0.3, -0.25) is 4.79 Å². The van der Waals surface area contributed by atoms with Gasteiger partial charge in [0.2, 0.25) is 5.91 Å². The topological polar surface area (TPSA) is 68.3 Å². The van der Waals surface area contributed by atoms with Crippen molar-refractivity contribution >= 4 is 11.6 Å². The molecule has 0 unspecified atom stereocenters. The van der Waals surface area contributed by atoms with Gasteiger partial charge in [-0.2, -0.15) is 18.3 Å². The average Bonchev–Trinajstić information content (AvgIpc) is 3.34. The fourth-order valence-electron chi connectivity index (χ4n) is 3.81. The van der Waals surface area contributed by atoms with Crippen LogP contribution in [-0.4, -0.2) is 41.5 Å². The van der Waals surface area contributed by atoms with E-state index >= 15 is 0 Å². The molecule has 1 aliphatic heterocycles. The van der Waals surface area contributed by atoms with E-state index in [-0.39, 0.29) is 23.3 Å². The van der Waals surface area contributed by atoms with Gasteiger partial charge in [-0.1, -0.05) is 0 Å². The van der Waals surface area contributed by atoms with Crippen molar-refractivity contribution in [2.75, 3.05) is 6.54 Å². The Labute approximate surface area is 165 Å². The van der Waals surface area contributed by atoms with E-state index in [2.05, 4.69) is 15.1 Å². The molecule has 0 spiro atoms. The van der Waals surface area contributed by atoms with Gasteiger partial charge in [-0.15, -0.1) is 0 Å². The Morgan fingerprint density at radius 1 is 1.28 bits per heavy atom. The van der Waals surface area contributed by atoms with Gasteiger partial charge in [0.15, 0.2) is 5.65 Å². The molecule has 1 saturated heterocycles. The van der Waals surface area contributed by atoms with Crippen LogP contribution in [0.1, 0.15) is 48.8 Å². The summed E-state index contributed by atoms with van der Waals surface area (Å²) in [5.41, 5.74) is 0.00113. The number of likely N-dealkylation sites (tertiary alicyclic amines) is 1. The third-order valence-electron chi connectivity index (χ3n) is 5.17. The second-order valence-electron chi connectivity index (χ2n) is 7.27. The predicted molar refractivity (Wildman–Crippen MR) is 97.9 cm³/mol. The first-order valence-corrected chi connectivity index (χ1v) is 9.52. The van der Waals surface area contributed by atoms with E-state index in [4.69, 9.17) is 0 Å². The number of aromatic nitrogens is 5. The Morgan fingerprint density at radius 2 is 2.10 bits per heavy atom. The summed E-state index contributed by atoms with van der Waals surface area (Å²) < 4.78 is 42.9. The number of halogens is 3. The molecule has 0 bridgehead atoms. The Balaban J connectivity index is 1.62. The van der Waals surface area contributed by atoms with Crippen molar-refractivity contribution < 1.29 is 18.0 Å². The zero-order valence-electron chi connectivity index (χ0n) is 15.9. The number of amides is 1. The molecule has 3 aromatic rings. The molecule has 0 radical (unpaired) electrons. The van der Waals surface area contributed by atoms with Crippen molar-refractivity contribution in [1.82, 2.24) is 29.0 Å². The molecule has 3 aromatic heterocycles. The first kappa shape index (κ1) is 19.4. The van der Waals surface area contributed by atoms with Crippen molar-refractivity contribution in [1.29, 1.82) is 0 Å². The van der Waals surface area contributed by atoms with Gasteiger partial charge in [0, 0.05) is 43.7 Å². The monoisotopic (exact) mass is 406 g/mol. The van der Waals surface area contributed by atoms with E-state index in [9.17, 15) is 18.0 Å². The number of hydrogen-bond donors (Lipinski definition) is 0. The van der Waals surface area contributed by atoms with Gasteiger partial charge in [0.05, 0.1) is 18.1 Å². The molecule has 0 saturated carbocycles. The maximum Gasteiger partial charge on any atom is 0.433 e. The molecule has 29 heavy (non-hydrogen) atoms. The maximum absolute atomic E-state index is 13.4. The molecule has 7 nitrogen and oxygen atoms in total. The number of rotatable bonds is 4. The fraction of sp³-hybridized carbons (Fsp3) is 0.474. The lowest BCUT2D eigenvalue weighted by atomic mass is 9.99. The molecular weight excluding hydrogens is 385 g/mol. The third kappa shape index (κ3) is 3.96. The zero-order valence-corrected chi connectivity index (χ0v) is 15.9. The van der Waals surface area contributed by atoms with Gasteiger partial charge in [-0.05, 0) is 32.3 Å². The summed E-state index contributed by atoms with van der Waals surface area (Å²) in [5, 5.41) is 4.21. The van der Waals surface area contributed by atoms with E-state index in [0.717, 1.165) is 23.4 Å². The lowest BCUT2D eigenvalue weighted by Gasteiger charge is -2.34. The summed E-state index contributed by atoms with van der Waals surface area (Å²) >= 11 is 0. The van der Waals surface area contributed by atoms with Crippen LogP contribution < -0.4 is 0 Å². The second kappa shape index (κ2) is 7.49. The van der Waals surface area contributed by atoms with E-state index < -0.39 is 11.9 Å². The maximum atomic E-state index is 13.4. The van der Waals surface area contributed by atoms with Crippen molar-refractivity contribution in [2.45, 2.75) is 51.4 Å². The largest absolute Gasteiger partial charge is 0.433 e. The molecule has 0 aliphatic carbocycles. The number of piperidine rings is 1. The summed E-state index contributed by atoms with van der Waals surface area (Å²) in [4.78, 5) is 22.7. The minimum absolute atomic E-state index is 0.0411. The van der Waals surface area contributed by atoms with Crippen LogP contribution >= 0.6 is 0 Å². The third-order valence-corrected chi connectivity index (χ3v) is 5.17. The van der Waals surface area contributed by atoms with Crippen LogP contribution in [0.4, 0.5) is 13.2 Å². The van der Waals surface area contributed by atoms with Crippen molar-refractivity contribution in [2.24, 2.45) is 0 Å². The predicted octanol–water partition coefficient (Wildman–Crippen LogP) is 3.40. The minimum atomic E-state index is -4.54. The molecule has 4 heterocycles. The summed E-state index contributed by atoms with van der Waals surface area (Å²) in [6.07, 6.45) is 3.27. The fourth-order valence-corrected chi connectivity index (χ4v) is 3.81. The summed E-state index contributed by atoms with van der Waals surface area (Å²) in [7, 11) is 0. The van der Waals surface area contributed by atoms with Crippen LogP contribution in [0.3, 0.4) is 0 Å². The Hall–Kier alpha value is -2.91. The second-order valence-corrected chi connectivity index (χ2v) is 7.27. The summed E-state index contributed by atoms with van der Waals surface area (Å²) in [6, 6.07) is 2.20. The molecule has 0 aromatic carbocycles. The standard InChI is InChI=1S/C19H21F3N6O/c1-13-10-16(19(20,21)22)28-17(24-13)11-14(25-28)15-4-2-3-7-27(15)18(29)5-8-26-9-6-23-12-26/h6,9-12,15H,2-5,7-8H2,1H3/t15-/m1/s1. The molecule has 10 heteroatoms. The highest BCUT2D eigenvalue weighted by Crippen LogP contribution is 2.34. The van der Waals surface area contributed by atoms with Crippen LogP contribution in [0, 0.1) is 6.92 Å². The first-order valence-electron chi connectivity index (χ1n) is 9.52. The molecule has 0 N–H and O–H groups in total. The average molecular weight is 406 g/mol. The van der Waals surface area contributed by atoms with Crippen LogP contribution in [0.25, 0.3) is 5.65 Å². The number of carbonyl (C=O) groups excluding carboxylic acids is 1. The quantitative estimate of drug-likeness (QED) is 0.666.